The fourth-order valence-electron chi connectivity index (χ4n) is 2.85. The molecule has 0 saturated carbocycles. The van der Waals surface area contributed by atoms with Gasteiger partial charge in [-0.2, -0.15) is 0 Å². The Balaban J connectivity index is 1.77. The summed E-state index contributed by atoms with van der Waals surface area (Å²) in [5.41, 5.74) is 2.87. The van der Waals surface area contributed by atoms with Crippen LogP contribution >= 0.6 is 22.9 Å². The third-order valence-corrected chi connectivity index (χ3v) is 5.32. The van der Waals surface area contributed by atoms with Crippen LogP contribution in [0.15, 0.2) is 72.1 Å². The van der Waals surface area contributed by atoms with Crippen LogP contribution in [-0.2, 0) is 6.54 Å². The monoisotopic (exact) mass is 378 g/mol. The molecule has 2 heterocycles. The molecular weight excluding hydrogens is 364 g/mol. The number of nitrogens with zero attached hydrogens (tertiary/aromatic N) is 1. The zero-order valence-corrected chi connectivity index (χ0v) is 15.3. The van der Waals surface area contributed by atoms with E-state index in [0.717, 1.165) is 21.3 Å². The van der Waals surface area contributed by atoms with E-state index in [4.69, 9.17) is 16.6 Å². The minimum Gasteiger partial charge on any atom is -0.347 e. The van der Waals surface area contributed by atoms with Gasteiger partial charge in [-0.05, 0) is 29.6 Å². The zero-order chi connectivity index (χ0) is 17.9. The smallest absolute Gasteiger partial charge is 0.252 e. The molecule has 26 heavy (non-hydrogen) atoms. The summed E-state index contributed by atoms with van der Waals surface area (Å²) in [6, 6.07) is 21.0. The number of hydrogen-bond donors (Lipinski definition) is 1. The van der Waals surface area contributed by atoms with Gasteiger partial charge in [0.25, 0.3) is 5.91 Å². The number of hydrogen-bond acceptors (Lipinski definition) is 3. The quantitative estimate of drug-likeness (QED) is 0.506. The van der Waals surface area contributed by atoms with Crippen molar-refractivity contribution in [2.45, 2.75) is 6.54 Å². The average molecular weight is 379 g/mol. The van der Waals surface area contributed by atoms with E-state index in [0.29, 0.717) is 22.8 Å². The molecule has 1 amide bonds. The third kappa shape index (κ3) is 3.34. The van der Waals surface area contributed by atoms with Crippen molar-refractivity contribution < 1.29 is 4.79 Å². The second-order valence-electron chi connectivity index (χ2n) is 5.81. The first kappa shape index (κ1) is 16.8. The second kappa shape index (κ2) is 7.28. The van der Waals surface area contributed by atoms with Crippen LogP contribution in [0.25, 0.3) is 22.2 Å². The molecule has 0 unspecified atom stereocenters. The Bertz CT molecular complexity index is 1080. The summed E-state index contributed by atoms with van der Waals surface area (Å²) in [4.78, 5) is 18.7. The largest absolute Gasteiger partial charge is 0.347 e. The van der Waals surface area contributed by atoms with Crippen molar-refractivity contribution in [3.05, 3.63) is 87.6 Å². The molecule has 2 aromatic heterocycles. The van der Waals surface area contributed by atoms with E-state index in [1.54, 1.807) is 11.3 Å². The molecule has 0 aliphatic carbocycles. The zero-order valence-electron chi connectivity index (χ0n) is 13.8. The minimum absolute atomic E-state index is 0.120. The Morgan fingerprint density at radius 3 is 2.65 bits per heavy atom. The van der Waals surface area contributed by atoms with E-state index in [1.807, 2.05) is 72.1 Å². The van der Waals surface area contributed by atoms with Crippen molar-refractivity contribution in [1.82, 2.24) is 10.3 Å². The van der Waals surface area contributed by atoms with Crippen molar-refractivity contribution in [2.75, 3.05) is 0 Å². The van der Waals surface area contributed by atoms with Crippen LogP contribution in [0.5, 0.6) is 0 Å². The highest BCUT2D eigenvalue weighted by molar-refractivity contribution is 7.09. The number of pyridine rings is 1. The Labute approximate surface area is 160 Å². The van der Waals surface area contributed by atoms with Gasteiger partial charge in [0.1, 0.15) is 0 Å². The normalized spacial score (nSPS) is 10.8. The summed E-state index contributed by atoms with van der Waals surface area (Å²) < 4.78 is 0. The number of amides is 1. The number of halogens is 1. The minimum atomic E-state index is -0.120. The number of nitrogens with one attached hydrogen (secondary N) is 1. The maximum atomic E-state index is 12.9. The van der Waals surface area contributed by atoms with Gasteiger partial charge in [0.05, 0.1) is 23.3 Å². The summed E-state index contributed by atoms with van der Waals surface area (Å²) in [5.74, 6) is -0.120. The lowest BCUT2D eigenvalue weighted by Gasteiger charge is -2.11. The van der Waals surface area contributed by atoms with Crippen LogP contribution in [0.4, 0.5) is 0 Å². The lowest BCUT2D eigenvalue weighted by atomic mass is 10.0. The summed E-state index contributed by atoms with van der Waals surface area (Å²) >= 11 is 7.95. The summed E-state index contributed by atoms with van der Waals surface area (Å²) in [6.07, 6.45) is 0. The number of para-hydroxylation sites is 1. The molecule has 128 valence electrons. The van der Waals surface area contributed by atoms with E-state index in [2.05, 4.69) is 5.32 Å². The predicted octanol–water partition coefficient (Wildman–Crippen LogP) is 5.55. The molecule has 4 aromatic rings. The molecule has 4 rings (SSSR count). The van der Waals surface area contributed by atoms with Gasteiger partial charge in [-0.1, -0.05) is 54.1 Å². The molecule has 0 atom stereocenters. The van der Waals surface area contributed by atoms with Crippen LogP contribution in [0.2, 0.25) is 5.02 Å². The summed E-state index contributed by atoms with van der Waals surface area (Å²) in [7, 11) is 0. The molecule has 0 aliphatic heterocycles. The van der Waals surface area contributed by atoms with E-state index >= 15 is 0 Å². The first-order valence-electron chi connectivity index (χ1n) is 8.17. The van der Waals surface area contributed by atoms with Crippen LogP contribution in [-0.4, -0.2) is 10.9 Å². The summed E-state index contributed by atoms with van der Waals surface area (Å²) in [6.45, 7) is 0.509. The molecule has 2 aromatic carbocycles. The highest BCUT2D eigenvalue weighted by Gasteiger charge is 2.15. The number of carbonyl (C=O) groups excluding carboxylic acids is 1. The first-order valence-corrected chi connectivity index (χ1v) is 9.43. The molecule has 3 nitrogen and oxygen atoms in total. The molecule has 1 N–H and O–H groups in total. The van der Waals surface area contributed by atoms with Gasteiger partial charge in [-0.25, -0.2) is 4.98 Å². The Hall–Kier alpha value is -2.69. The standard InChI is InChI=1S/C21H15ClN2OS/c22-18-9-3-1-8-16(18)20-12-17(15-7-2-4-10-19(15)24-20)21(25)23-13-14-6-5-11-26-14/h1-12H,13H2,(H,23,25). The van der Waals surface area contributed by atoms with Gasteiger partial charge in [-0.3, -0.25) is 4.79 Å². The molecule has 0 spiro atoms. The first-order chi connectivity index (χ1) is 12.7. The fraction of sp³-hybridized carbons (Fsp3) is 0.0476. The van der Waals surface area contributed by atoms with Crippen LogP contribution < -0.4 is 5.32 Å². The van der Waals surface area contributed by atoms with Crippen molar-refractivity contribution in [3.8, 4) is 11.3 Å². The number of aromatic nitrogens is 1. The van der Waals surface area contributed by atoms with Crippen molar-refractivity contribution in [2.24, 2.45) is 0 Å². The molecule has 5 heteroatoms. The summed E-state index contributed by atoms with van der Waals surface area (Å²) in [5, 5.41) is 6.43. The lowest BCUT2D eigenvalue weighted by molar-refractivity contribution is 0.0953. The van der Waals surface area contributed by atoms with Crippen molar-refractivity contribution in [3.63, 3.8) is 0 Å². The van der Waals surface area contributed by atoms with Crippen LogP contribution in [0.1, 0.15) is 15.2 Å². The predicted molar refractivity (Wildman–Crippen MR) is 108 cm³/mol. The lowest BCUT2D eigenvalue weighted by Crippen LogP contribution is -2.22. The Morgan fingerprint density at radius 1 is 1.04 bits per heavy atom. The van der Waals surface area contributed by atoms with E-state index in [-0.39, 0.29) is 5.91 Å². The molecule has 0 radical (unpaired) electrons. The van der Waals surface area contributed by atoms with Gasteiger partial charge >= 0.3 is 0 Å². The maximum Gasteiger partial charge on any atom is 0.252 e. The molecule has 0 fully saturated rings. The number of thiophene rings is 1. The van der Waals surface area contributed by atoms with Gasteiger partial charge in [0.2, 0.25) is 0 Å². The fourth-order valence-corrected chi connectivity index (χ4v) is 3.72. The molecule has 0 bridgehead atoms. The van der Waals surface area contributed by atoms with Crippen LogP contribution in [0.3, 0.4) is 0 Å². The number of rotatable bonds is 4. The Kier molecular flexibility index (Phi) is 4.69. The van der Waals surface area contributed by atoms with Crippen molar-refractivity contribution in [1.29, 1.82) is 0 Å². The Morgan fingerprint density at radius 2 is 1.85 bits per heavy atom. The van der Waals surface area contributed by atoms with E-state index in [9.17, 15) is 4.79 Å². The van der Waals surface area contributed by atoms with Crippen LogP contribution in [0, 0.1) is 0 Å². The number of carbonyl (C=O) groups is 1. The van der Waals surface area contributed by atoms with Gasteiger partial charge in [0.15, 0.2) is 0 Å². The molecule has 0 aliphatic rings. The number of benzene rings is 2. The van der Waals surface area contributed by atoms with E-state index < -0.39 is 0 Å². The van der Waals surface area contributed by atoms with Gasteiger partial charge in [0, 0.05) is 20.8 Å². The molecule has 0 saturated heterocycles. The number of fused-ring (bicyclic) bond motifs is 1. The average Bonchev–Trinajstić information content (AvgIpc) is 3.19. The third-order valence-electron chi connectivity index (χ3n) is 4.11. The van der Waals surface area contributed by atoms with Crippen molar-refractivity contribution >= 4 is 39.7 Å². The highest BCUT2D eigenvalue weighted by atomic mass is 35.5. The highest BCUT2D eigenvalue weighted by Crippen LogP contribution is 2.29. The van der Waals surface area contributed by atoms with Gasteiger partial charge in [-0.15, -0.1) is 11.3 Å². The second-order valence-corrected chi connectivity index (χ2v) is 7.25. The maximum absolute atomic E-state index is 12.9. The topological polar surface area (TPSA) is 42.0 Å². The van der Waals surface area contributed by atoms with Gasteiger partial charge < -0.3 is 5.32 Å². The SMILES string of the molecule is O=C(NCc1cccs1)c1cc(-c2ccccc2Cl)nc2ccccc12. The van der Waals surface area contributed by atoms with E-state index in [1.165, 1.54) is 0 Å². The molecular formula is C21H15ClN2OS.